The summed E-state index contributed by atoms with van der Waals surface area (Å²) < 4.78 is 5.13. The highest BCUT2D eigenvalue weighted by Gasteiger charge is 2.24. The minimum absolute atomic E-state index is 0.0392. The zero-order valence-corrected chi connectivity index (χ0v) is 11.5. The van der Waals surface area contributed by atoms with Crippen molar-refractivity contribution in [1.29, 1.82) is 0 Å². The van der Waals surface area contributed by atoms with Crippen LogP contribution in [0.4, 0.5) is 0 Å². The summed E-state index contributed by atoms with van der Waals surface area (Å²) in [5, 5.41) is 39.5. The fourth-order valence-electron chi connectivity index (χ4n) is 2.38. The maximum atomic E-state index is 12.2. The van der Waals surface area contributed by atoms with Gasteiger partial charge in [0, 0.05) is 5.56 Å². The van der Waals surface area contributed by atoms with Gasteiger partial charge in [0.15, 0.2) is 17.1 Å². The van der Waals surface area contributed by atoms with E-state index in [4.69, 9.17) is 4.42 Å². The van der Waals surface area contributed by atoms with Crippen molar-refractivity contribution in [3.63, 3.8) is 0 Å². The Morgan fingerprint density at radius 1 is 0.864 bits per heavy atom. The quantitative estimate of drug-likeness (QED) is 0.406. The van der Waals surface area contributed by atoms with Crippen LogP contribution in [-0.4, -0.2) is 20.4 Å². The van der Waals surface area contributed by atoms with E-state index in [0.29, 0.717) is 5.56 Å². The highest BCUT2D eigenvalue weighted by Crippen LogP contribution is 2.48. The van der Waals surface area contributed by atoms with Crippen LogP contribution in [0.1, 0.15) is 5.56 Å². The number of hydrogen-bond acceptors (Lipinski definition) is 6. The summed E-state index contributed by atoms with van der Waals surface area (Å²) >= 11 is 0. The van der Waals surface area contributed by atoms with Crippen LogP contribution in [0.25, 0.3) is 22.1 Å². The van der Waals surface area contributed by atoms with Crippen molar-refractivity contribution in [3.8, 4) is 34.1 Å². The molecule has 3 aromatic rings. The Hall–Kier alpha value is -3.15. The summed E-state index contributed by atoms with van der Waals surface area (Å²) in [5.74, 6) is -2.67. The number of aryl methyl sites for hydroxylation is 1. The summed E-state index contributed by atoms with van der Waals surface area (Å²) in [6.45, 7) is 1.39. The molecule has 0 saturated heterocycles. The smallest absolute Gasteiger partial charge is 0.347 e. The molecule has 1 heterocycles. The highest BCUT2D eigenvalue weighted by molar-refractivity contribution is 5.99. The Labute approximate surface area is 124 Å². The Balaban J connectivity index is 2.52. The summed E-state index contributed by atoms with van der Waals surface area (Å²) in [6.07, 6.45) is 0. The van der Waals surface area contributed by atoms with E-state index >= 15 is 0 Å². The topological polar surface area (TPSA) is 111 Å². The van der Waals surface area contributed by atoms with E-state index in [1.54, 1.807) is 30.3 Å². The van der Waals surface area contributed by atoms with Gasteiger partial charge in [-0.15, -0.1) is 0 Å². The van der Waals surface area contributed by atoms with Gasteiger partial charge in [-0.05, 0) is 12.5 Å². The van der Waals surface area contributed by atoms with Crippen molar-refractivity contribution < 1.29 is 24.8 Å². The summed E-state index contributed by atoms with van der Waals surface area (Å²) in [6, 6.07) is 8.30. The van der Waals surface area contributed by atoms with Gasteiger partial charge >= 0.3 is 5.63 Å². The van der Waals surface area contributed by atoms with E-state index in [1.807, 2.05) is 0 Å². The van der Waals surface area contributed by atoms with Gasteiger partial charge in [-0.3, -0.25) is 0 Å². The molecule has 0 fully saturated rings. The molecule has 6 nitrogen and oxygen atoms in total. The fraction of sp³-hybridized carbons (Fsp3) is 0.0625. The summed E-state index contributed by atoms with van der Waals surface area (Å²) in [4.78, 5) is 12.2. The van der Waals surface area contributed by atoms with Gasteiger partial charge in [-0.1, -0.05) is 30.3 Å². The zero-order valence-electron chi connectivity index (χ0n) is 11.5. The average Bonchev–Trinajstić information content (AvgIpc) is 2.51. The van der Waals surface area contributed by atoms with Crippen LogP contribution < -0.4 is 5.63 Å². The van der Waals surface area contributed by atoms with Gasteiger partial charge in [-0.2, -0.15) is 0 Å². The molecular formula is C16H12O6. The molecule has 1 aromatic heterocycles. The monoisotopic (exact) mass is 300 g/mol. The predicted molar refractivity (Wildman–Crippen MR) is 79.3 cm³/mol. The number of hydrogen-bond donors (Lipinski definition) is 4. The van der Waals surface area contributed by atoms with Crippen molar-refractivity contribution in [2.75, 3.05) is 0 Å². The third-order valence-corrected chi connectivity index (χ3v) is 3.54. The van der Waals surface area contributed by atoms with Crippen molar-refractivity contribution in [1.82, 2.24) is 0 Å². The fourth-order valence-corrected chi connectivity index (χ4v) is 2.38. The maximum Gasteiger partial charge on any atom is 0.347 e. The minimum Gasteiger partial charge on any atom is -0.506 e. The van der Waals surface area contributed by atoms with E-state index in [1.165, 1.54) is 6.92 Å². The van der Waals surface area contributed by atoms with Gasteiger partial charge in [-0.25, -0.2) is 4.79 Å². The van der Waals surface area contributed by atoms with Gasteiger partial charge in [0.25, 0.3) is 0 Å². The highest BCUT2D eigenvalue weighted by atomic mass is 16.4. The van der Waals surface area contributed by atoms with Crippen LogP contribution in [0.2, 0.25) is 0 Å². The molecule has 112 valence electrons. The van der Waals surface area contributed by atoms with Crippen molar-refractivity contribution >= 4 is 11.0 Å². The molecule has 0 aliphatic carbocycles. The van der Waals surface area contributed by atoms with Crippen LogP contribution in [0.15, 0.2) is 39.5 Å². The first-order chi connectivity index (χ1) is 10.4. The molecule has 0 atom stereocenters. The second kappa shape index (κ2) is 4.70. The van der Waals surface area contributed by atoms with Crippen molar-refractivity contribution in [3.05, 3.63) is 46.3 Å². The Morgan fingerprint density at radius 3 is 2.14 bits per heavy atom. The molecule has 0 unspecified atom stereocenters. The lowest BCUT2D eigenvalue weighted by Crippen LogP contribution is -2.04. The lowest BCUT2D eigenvalue weighted by molar-refractivity contribution is 0.366. The molecule has 22 heavy (non-hydrogen) atoms. The van der Waals surface area contributed by atoms with E-state index in [-0.39, 0.29) is 22.1 Å². The zero-order chi connectivity index (χ0) is 16.0. The van der Waals surface area contributed by atoms with Crippen LogP contribution in [0, 0.1) is 6.92 Å². The van der Waals surface area contributed by atoms with E-state index in [9.17, 15) is 25.2 Å². The molecule has 0 saturated carbocycles. The van der Waals surface area contributed by atoms with Crippen molar-refractivity contribution in [2.45, 2.75) is 6.92 Å². The first-order valence-electron chi connectivity index (χ1n) is 6.42. The van der Waals surface area contributed by atoms with Crippen LogP contribution in [0.5, 0.6) is 23.0 Å². The molecule has 0 amide bonds. The standard InChI is InChI=1S/C16H12O6/c1-7-11(17)14(20)13(19)10-12(18)9(16(21)22-15(7)10)8-5-3-2-4-6-8/h2-6,17-20H,1H3. The molecule has 4 N–H and O–H groups in total. The third-order valence-electron chi connectivity index (χ3n) is 3.54. The second-order valence-electron chi connectivity index (χ2n) is 4.85. The van der Waals surface area contributed by atoms with Crippen LogP contribution in [-0.2, 0) is 0 Å². The van der Waals surface area contributed by atoms with Gasteiger partial charge < -0.3 is 24.8 Å². The lowest BCUT2D eigenvalue weighted by Gasteiger charge is -2.12. The number of benzene rings is 2. The van der Waals surface area contributed by atoms with E-state index < -0.39 is 28.6 Å². The molecule has 0 aliphatic heterocycles. The van der Waals surface area contributed by atoms with E-state index in [2.05, 4.69) is 0 Å². The first kappa shape index (κ1) is 13.8. The number of fused-ring (bicyclic) bond motifs is 1. The van der Waals surface area contributed by atoms with Gasteiger partial charge in [0.05, 0.1) is 0 Å². The third kappa shape index (κ3) is 1.77. The molecule has 0 aliphatic rings. The number of phenolic OH excluding ortho intramolecular Hbond substituents is 3. The van der Waals surface area contributed by atoms with Crippen molar-refractivity contribution in [2.24, 2.45) is 0 Å². The second-order valence-corrected chi connectivity index (χ2v) is 4.85. The number of aromatic hydroxyl groups is 4. The Morgan fingerprint density at radius 2 is 1.50 bits per heavy atom. The van der Waals surface area contributed by atoms with E-state index in [0.717, 1.165) is 0 Å². The molecule has 3 rings (SSSR count). The summed E-state index contributed by atoms with van der Waals surface area (Å²) in [7, 11) is 0. The van der Waals surface area contributed by atoms with Crippen LogP contribution >= 0.6 is 0 Å². The Bertz CT molecular complexity index is 941. The maximum absolute atomic E-state index is 12.2. The molecule has 6 heteroatoms. The SMILES string of the molecule is Cc1c(O)c(O)c(O)c2c(O)c(-c3ccccc3)c(=O)oc12. The average molecular weight is 300 g/mol. The molecule has 0 bridgehead atoms. The molecular weight excluding hydrogens is 288 g/mol. The summed E-state index contributed by atoms with van der Waals surface area (Å²) in [5.41, 5.74) is -0.691. The normalized spacial score (nSPS) is 11.0. The largest absolute Gasteiger partial charge is 0.506 e. The van der Waals surface area contributed by atoms with Gasteiger partial charge in [0.1, 0.15) is 16.7 Å². The molecule has 0 spiro atoms. The molecule has 2 aromatic carbocycles. The van der Waals surface area contributed by atoms with Gasteiger partial charge in [0.2, 0.25) is 5.75 Å². The number of rotatable bonds is 1. The number of phenols is 3. The first-order valence-corrected chi connectivity index (χ1v) is 6.42. The lowest BCUT2D eigenvalue weighted by atomic mass is 10.0. The Kier molecular flexibility index (Phi) is 2.95. The molecule has 0 radical (unpaired) electrons. The minimum atomic E-state index is -0.816. The predicted octanol–water partition coefficient (Wildman–Crippen LogP) is 2.59. The van der Waals surface area contributed by atoms with Crippen LogP contribution in [0.3, 0.4) is 0 Å².